The molecule has 114 valence electrons. The van der Waals surface area contributed by atoms with E-state index in [0.717, 1.165) is 43.1 Å². The van der Waals surface area contributed by atoms with Crippen molar-refractivity contribution in [1.29, 1.82) is 0 Å². The molecule has 3 nitrogen and oxygen atoms in total. The van der Waals surface area contributed by atoms with E-state index < -0.39 is 10.1 Å². The highest BCUT2D eigenvalue weighted by atomic mass is 32.2. The minimum atomic E-state index is -3.79. The monoisotopic (exact) mass is 330 g/mol. The Bertz CT molecular complexity index is 1430. The van der Waals surface area contributed by atoms with Crippen LogP contribution in [0.4, 0.5) is 0 Å². The van der Waals surface area contributed by atoms with Gasteiger partial charge in [0, 0.05) is 16.2 Å². The van der Waals surface area contributed by atoms with Gasteiger partial charge < -0.3 is 4.18 Å². The average Bonchev–Trinajstić information content (AvgIpc) is 2.59. The van der Waals surface area contributed by atoms with Crippen molar-refractivity contribution >= 4 is 53.2 Å². The number of hydrogen-bond acceptors (Lipinski definition) is 3. The zero-order valence-electron chi connectivity index (χ0n) is 12.4. The Morgan fingerprint density at radius 1 is 0.625 bits per heavy atom. The smallest absolute Gasteiger partial charge is 0.339 e. The second-order valence-electron chi connectivity index (χ2n) is 6.22. The number of hydrogen-bond donors (Lipinski definition) is 0. The lowest BCUT2D eigenvalue weighted by atomic mass is 9.89. The van der Waals surface area contributed by atoms with Gasteiger partial charge in [-0.2, -0.15) is 8.42 Å². The third-order valence-electron chi connectivity index (χ3n) is 5.02. The molecule has 0 radical (unpaired) electrons. The minimum absolute atomic E-state index is 0.261. The van der Waals surface area contributed by atoms with Crippen LogP contribution in [0.25, 0.3) is 43.1 Å². The first-order valence-corrected chi connectivity index (χ1v) is 9.13. The molecule has 0 aliphatic carbocycles. The molecule has 4 heteroatoms. The van der Waals surface area contributed by atoms with E-state index in [2.05, 4.69) is 18.2 Å². The average molecular weight is 330 g/mol. The Hall–Kier alpha value is -2.85. The van der Waals surface area contributed by atoms with Crippen molar-refractivity contribution in [2.45, 2.75) is 4.90 Å². The van der Waals surface area contributed by atoms with Crippen LogP contribution in [-0.2, 0) is 10.1 Å². The quantitative estimate of drug-likeness (QED) is 0.232. The summed E-state index contributed by atoms with van der Waals surface area (Å²) < 4.78 is 30.6. The summed E-state index contributed by atoms with van der Waals surface area (Å²) in [5, 5.41) is 8.09. The normalized spacial score (nSPS) is 15.7. The van der Waals surface area contributed by atoms with Gasteiger partial charge in [0.2, 0.25) is 0 Å². The van der Waals surface area contributed by atoms with E-state index in [1.165, 1.54) is 0 Å². The SMILES string of the molecule is O=S1(=O)Oc2ccc3cccc4c5cccc6ccc1c(c2c34)c65. The van der Waals surface area contributed by atoms with Crippen LogP contribution in [0.5, 0.6) is 5.75 Å². The maximum Gasteiger partial charge on any atom is 0.339 e. The molecular weight excluding hydrogens is 320 g/mol. The molecule has 0 amide bonds. The molecule has 1 heterocycles. The van der Waals surface area contributed by atoms with Crippen molar-refractivity contribution in [2.75, 3.05) is 0 Å². The van der Waals surface area contributed by atoms with Crippen molar-refractivity contribution < 1.29 is 12.6 Å². The zero-order valence-corrected chi connectivity index (χ0v) is 13.2. The molecular formula is C20H10O3S. The van der Waals surface area contributed by atoms with E-state index in [-0.39, 0.29) is 4.90 Å². The van der Waals surface area contributed by atoms with Crippen LogP contribution in [0.15, 0.2) is 65.6 Å². The van der Waals surface area contributed by atoms with E-state index in [1.54, 1.807) is 12.1 Å². The second-order valence-corrected chi connectivity index (χ2v) is 7.74. The van der Waals surface area contributed by atoms with Gasteiger partial charge >= 0.3 is 10.1 Å². The summed E-state index contributed by atoms with van der Waals surface area (Å²) in [5.74, 6) is 0.421. The fourth-order valence-electron chi connectivity index (χ4n) is 4.11. The van der Waals surface area contributed by atoms with Gasteiger partial charge in [-0.25, -0.2) is 0 Å². The topological polar surface area (TPSA) is 43.4 Å². The molecule has 0 unspecified atom stereocenters. The van der Waals surface area contributed by atoms with Crippen LogP contribution >= 0.6 is 0 Å². The maximum atomic E-state index is 12.6. The van der Waals surface area contributed by atoms with Gasteiger partial charge in [-0.1, -0.05) is 48.5 Å². The van der Waals surface area contributed by atoms with Crippen LogP contribution in [0, 0.1) is 0 Å². The lowest BCUT2D eigenvalue weighted by Gasteiger charge is -2.22. The summed E-state index contributed by atoms with van der Waals surface area (Å²) >= 11 is 0. The summed E-state index contributed by atoms with van der Waals surface area (Å²) in [5.41, 5.74) is 0. The second kappa shape index (κ2) is 3.79. The first kappa shape index (κ1) is 12.6. The number of rotatable bonds is 0. The predicted molar refractivity (Wildman–Crippen MR) is 95.5 cm³/mol. The summed E-state index contributed by atoms with van der Waals surface area (Å²) in [6.45, 7) is 0. The zero-order chi connectivity index (χ0) is 16.1. The molecule has 0 saturated heterocycles. The minimum Gasteiger partial charge on any atom is -0.378 e. The Morgan fingerprint density at radius 2 is 1.25 bits per heavy atom. The van der Waals surface area contributed by atoms with Gasteiger partial charge in [0.15, 0.2) is 5.75 Å². The summed E-state index contributed by atoms with van der Waals surface area (Å²) in [6, 6.07) is 19.5. The molecule has 1 aliphatic heterocycles. The van der Waals surface area contributed by atoms with Crippen molar-refractivity contribution in [2.24, 2.45) is 0 Å². The van der Waals surface area contributed by atoms with E-state index in [1.807, 2.05) is 30.3 Å². The van der Waals surface area contributed by atoms with Crippen LogP contribution < -0.4 is 4.18 Å². The summed E-state index contributed by atoms with van der Waals surface area (Å²) in [7, 11) is -3.79. The molecule has 0 fully saturated rings. The van der Waals surface area contributed by atoms with Crippen LogP contribution in [-0.4, -0.2) is 8.42 Å². The van der Waals surface area contributed by atoms with Gasteiger partial charge in [-0.15, -0.1) is 0 Å². The molecule has 5 aromatic rings. The Kier molecular flexibility index (Phi) is 1.98. The first-order chi connectivity index (χ1) is 11.6. The third kappa shape index (κ3) is 1.28. The molecule has 0 aromatic heterocycles. The van der Waals surface area contributed by atoms with Crippen LogP contribution in [0.2, 0.25) is 0 Å². The lowest BCUT2D eigenvalue weighted by Crippen LogP contribution is -2.14. The fraction of sp³-hybridized carbons (Fsp3) is 0. The van der Waals surface area contributed by atoms with Crippen molar-refractivity contribution in [1.82, 2.24) is 0 Å². The highest BCUT2D eigenvalue weighted by Crippen LogP contribution is 2.48. The molecule has 6 rings (SSSR count). The van der Waals surface area contributed by atoms with Crippen LogP contribution in [0.3, 0.4) is 0 Å². The maximum absolute atomic E-state index is 12.6. The molecule has 1 aliphatic rings. The Morgan fingerprint density at radius 3 is 1.96 bits per heavy atom. The fourth-order valence-corrected chi connectivity index (χ4v) is 5.26. The lowest BCUT2D eigenvalue weighted by molar-refractivity contribution is 0.488. The highest BCUT2D eigenvalue weighted by molar-refractivity contribution is 7.87. The van der Waals surface area contributed by atoms with E-state index in [0.29, 0.717) is 5.75 Å². The third-order valence-corrected chi connectivity index (χ3v) is 6.30. The Labute approximate surface area is 137 Å². The van der Waals surface area contributed by atoms with Gasteiger partial charge in [0.25, 0.3) is 0 Å². The summed E-state index contributed by atoms with van der Waals surface area (Å²) in [6.07, 6.45) is 0. The van der Waals surface area contributed by atoms with Crippen molar-refractivity contribution in [3.05, 3.63) is 60.7 Å². The largest absolute Gasteiger partial charge is 0.378 e. The van der Waals surface area contributed by atoms with Gasteiger partial charge in [0.1, 0.15) is 4.90 Å². The molecule has 0 bridgehead atoms. The molecule has 0 saturated carbocycles. The van der Waals surface area contributed by atoms with E-state index in [4.69, 9.17) is 4.18 Å². The predicted octanol–water partition coefficient (Wildman–Crippen LogP) is 4.82. The van der Waals surface area contributed by atoms with Crippen molar-refractivity contribution in [3.63, 3.8) is 0 Å². The van der Waals surface area contributed by atoms with Crippen molar-refractivity contribution in [3.8, 4) is 5.75 Å². The molecule has 0 atom stereocenters. The molecule has 5 aromatic carbocycles. The first-order valence-electron chi connectivity index (χ1n) is 7.72. The van der Waals surface area contributed by atoms with Gasteiger partial charge in [-0.3, -0.25) is 0 Å². The standard InChI is InChI=1S/C20H10O3S/c21-24(22)16-10-8-12-4-2-6-14-13-5-1-3-11-7-9-15(23-24)19(17(11)13)20(16)18(12)14/h1-10H. The number of fused-ring (bicyclic) bond motifs is 1. The highest BCUT2D eigenvalue weighted by Gasteiger charge is 2.30. The van der Waals surface area contributed by atoms with E-state index >= 15 is 0 Å². The van der Waals surface area contributed by atoms with Gasteiger partial charge in [0.05, 0.1) is 0 Å². The number of benzene rings is 5. The molecule has 0 spiro atoms. The molecule has 24 heavy (non-hydrogen) atoms. The summed E-state index contributed by atoms with van der Waals surface area (Å²) in [4.78, 5) is 0.261. The van der Waals surface area contributed by atoms with E-state index in [9.17, 15) is 8.42 Å². The van der Waals surface area contributed by atoms with Gasteiger partial charge in [-0.05, 0) is 39.1 Å². The molecule has 0 N–H and O–H groups in total. The van der Waals surface area contributed by atoms with Crippen LogP contribution in [0.1, 0.15) is 0 Å². The Balaban J connectivity index is 2.16.